The van der Waals surface area contributed by atoms with E-state index in [9.17, 15) is 4.79 Å². The molecule has 3 heteroatoms. The van der Waals surface area contributed by atoms with E-state index >= 15 is 0 Å². The molecule has 0 bridgehead atoms. The van der Waals surface area contributed by atoms with Gasteiger partial charge < -0.3 is 5.73 Å². The Morgan fingerprint density at radius 1 is 1.29 bits per heavy atom. The number of ketones is 1. The molecule has 0 aliphatic heterocycles. The predicted octanol–water partition coefficient (Wildman–Crippen LogP) is 3.57. The van der Waals surface area contributed by atoms with Crippen molar-refractivity contribution in [3.05, 3.63) is 34.9 Å². The normalized spacial score (nSPS) is 18.9. The van der Waals surface area contributed by atoms with Crippen molar-refractivity contribution < 1.29 is 4.79 Å². The molecular weight excluding hydrogens is 234 g/mol. The van der Waals surface area contributed by atoms with Crippen LogP contribution in [0.15, 0.2) is 24.3 Å². The van der Waals surface area contributed by atoms with Crippen LogP contribution in [0.25, 0.3) is 0 Å². The van der Waals surface area contributed by atoms with Gasteiger partial charge in [0.25, 0.3) is 0 Å². The zero-order valence-electron chi connectivity index (χ0n) is 9.92. The van der Waals surface area contributed by atoms with Gasteiger partial charge in [0.05, 0.1) is 0 Å². The average Bonchev–Trinajstić information content (AvgIpc) is 2.29. The van der Waals surface area contributed by atoms with Crippen LogP contribution >= 0.6 is 11.6 Å². The minimum Gasteiger partial charge on any atom is -0.325 e. The molecule has 2 N–H and O–H groups in total. The number of nitrogens with two attached hydrogens (primary N) is 1. The summed E-state index contributed by atoms with van der Waals surface area (Å²) in [7, 11) is 0. The Labute approximate surface area is 107 Å². The van der Waals surface area contributed by atoms with Gasteiger partial charge in [0.2, 0.25) is 0 Å². The summed E-state index contributed by atoms with van der Waals surface area (Å²) in [5, 5.41) is 0.602. The van der Waals surface area contributed by atoms with Crippen molar-refractivity contribution in [2.24, 2.45) is 5.73 Å². The molecule has 0 aromatic heterocycles. The number of rotatable bonds is 3. The van der Waals surface area contributed by atoms with Crippen molar-refractivity contribution in [1.82, 2.24) is 0 Å². The van der Waals surface area contributed by atoms with Gasteiger partial charge in [0.1, 0.15) is 0 Å². The molecule has 92 valence electrons. The molecule has 0 spiro atoms. The van der Waals surface area contributed by atoms with E-state index in [0.29, 0.717) is 17.0 Å². The molecule has 1 fully saturated rings. The fraction of sp³-hybridized carbons (Fsp3) is 0.500. The summed E-state index contributed by atoms with van der Waals surface area (Å²) in [6, 6.07) is 7.10. The van der Waals surface area contributed by atoms with Gasteiger partial charge >= 0.3 is 0 Å². The van der Waals surface area contributed by atoms with Gasteiger partial charge in [-0.1, -0.05) is 43.0 Å². The van der Waals surface area contributed by atoms with E-state index in [1.165, 1.54) is 6.42 Å². The standard InChI is InChI=1S/C14H18ClNO/c15-12-6-4-5-11(9-12)13(17)10-14(16)7-2-1-3-8-14/h4-6,9H,1-3,7-8,10,16H2. The van der Waals surface area contributed by atoms with Crippen molar-refractivity contribution in [1.29, 1.82) is 0 Å². The SMILES string of the molecule is NC1(CC(=O)c2cccc(Cl)c2)CCCCC1. The third-order valence-electron chi connectivity index (χ3n) is 3.51. The van der Waals surface area contributed by atoms with E-state index in [1.54, 1.807) is 24.3 Å². The monoisotopic (exact) mass is 251 g/mol. The van der Waals surface area contributed by atoms with Crippen molar-refractivity contribution in [2.75, 3.05) is 0 Å². The number of hydrogen-bond acceptors (Lipinski definition) is 2. The van der Waals surface area contributed by atoms with Gasteiger partial charge in [0, 0.05) is 22.5 Å². The minimum atomic E-state index is -0.294. The van der Waals surface area contributed by atoms with Gasteiger partial charge in [-0.15, -0.1) is 0 Å². The van der Waals surface area contributed by atoms with Crippen molar-refractivity contribution in [3.8, 4) is 0 Å². The first kappa shape index (κ1) is 12.6. The van der Waals surface area contributed by atoms with Gasteiger partial charge in [-0.25, -0.2) is 0 Å². The fourth-order valence-corrected chi connectivity index (χ4v) is 2.71. The molecule has 0 unspecified atom stereocenters. The van der Waals surface area contributed by atoms with Crippen molar-refractivity contribution in [2.45, 2.75) is 44.1 Å². The van der Waals surface area contributed by atoms with Crippen LogP contribution in [0.1, 0.15) is 48.9 Å². The lowest BCUT2D eigenvalue weighted by molar-refractivity contribution is 0.0934. The first-order chi connectivity index (χ1) is 8.09. The second-order valence-corrected chi connectivity index (χ2v) is 5.47. The van der Waals surface area contributed by atoms with Gasteiger partial charge in [-0.05, 0) is 25.0 Å². The molecule has 1 aromatic rings. The first-order valence-electron chi connectivity index (χ1n) is 6.17. The Kier molecular flexibility index (Phi) is 3.85. The maximum atomic E-state index is 12.1. The second-order valence-electron chi connectivity index (χ2n) is 5.03. The van der Waals surface area contributed by atoms with Crippen LogP contribution < -0.4 is 5.73 Å². The zero-order valence-corrected chi connectivity index (χ0v) is 10.7. The summed E-state index contributed by atoms with van der Waals surface area (Å²) in [5.41, 5.74) is 6.66. The minimum absolute atomic E-state index is 0.108. The number of Topliss-reactive ketones (excluding diaryl/α,β-unsaturated/α-hetero) is 1. The molecule has 0 radical (unpaired) electrons. The van der Waals surface area contributed by atoms with E-state index in [0.717, 1.165) is 25.7 Å². The van der Waals surface area contributed by atoms with Crippen molar-refractivity contribution in [3.63, 3.8) is 0 Å². The Morgan fingerprint density at radius 2 is 2.00 bits per heavy atom. The Bertz CT molecular complexity index is 410. The number of carbonyl (C=O) groups excluding carboxylic acids is 1. The lowest BCUT2D eigenvalue weighted by Gasteiger charge is -2.32. The van der Waals surface area contributed by atoms with Crippen LogP contribution in [0, 0.1) is 0 Å². The largest absolute Gasteiger partial charge is 0.325 e. The maximum absolute atomic E-state index is 12.1. The molecule has 0 heterocycles. The molecule has 2 nitrogen and oxygen atoms in total. The molecule has 2 rings (SSSR count). The second kappa shape index (κ2) is 5.19. The predicted molar refractivity (Wildman–Crippen MR) is 70.4 cm³/mol. The van der Waals surface area contributed by atoms with Crippen LogP contribution in [-0.2, 0) is 0 Å². The summed E-state index contributed by atoms with van der Waals surface area (Å²) in [6.45, 7) is 0. The number of carbonyl (C=O) groups is 1. The number of hydrogen-bond donors (Lipinski definition) is 1. The highest BCUT2D eigenvalue weighted by Crippen LogP contribution is 2.30. The first-order valence-corrected chi connectivity index (χ1v) is 6.55. The van der Waals surface area contributed by atoms with Crippen molar-refractivity contribution >= 4 is 17.4 Å². The van der Waals surface area contributed by atoms with Crippen LogP contribution in [0.3, 0.4) is 0 Å². The third kappa shape index (κ3) is 3.30. The van der Waals surface area contributed by atoms with Gasteiger partial charge in [-0.3, -0.25) is 4.79 Å². The van der Waals surface area contributed by atoms with Crippen LogP contribution in [-0.4, -0.2) is 11.3 Å². The lowest BCUT2D eigenvalue weighted by atomic mass is 9.78. The van der Waals surface area contributed by atoms with Gasteiger partial charge in [-0.2, -0.15) is 0 Å². The van der Waals surface area contributed by atoms with E-state index in [4.69, 9.17) is 17.3 Å². The van der Waals surface area contributed by atoms with Crippen LogP contribution in [0.4, 0.5) is 0 Å². The molecule has 1 aromatic carbocycles. The van der Waals surface area contributed by atoms with E-state index in [2.05, 4.69) is 0 Å². The molecular formula is C14H18ClNO. The molecule has 1 aliphatic carbocycles. The number of halogens is 1. The highest BCUT2D eigenvalue weighted by molar-refractivity contribution is 6.31. The van der Waals surface area contributed by atoms with E-state index in [1.807, 2.05) is 0 Å². The van der Waals surface area contributed by atoms with E-state index in [-0.39, 0.29) is 11.3 Å². The number of benzene rings is 1. The van der Waals surface area contributed by atoms with Crippen LogP contribution in [0.2, 0.25) is 5.02 Å². The van der Waals surface area contributed by atoms with Gasteiger partial charge in [0.15, 0.2) is 5.78 Å². The molecule has 0 atom stereocenters. The Balaban J connectivity index is 2.06. The molecule has 1 aliphatic rings. The average molecular weight is 252 g/mol. The third-order valence-corrected chi connectivity index (χ3v) is 3.74. The zero-order chi connectivity index (χ0) is 12.3. The fourth-order valence-electron chi connectivity index (χ4n) is 2.52. The topological polar surface area (TPSA) is 43.1 Å². The summed E-state index contributed by atoms with van der Waals surface area (Å²) < 4.78 is 0. The molecule has 0 amide bonds. The summed E-state index contributed by atoms with van der Waals surface area (Å²) in [5.74, 6) is 0.108. The Morgan fingerprint density at radius 3 is 2.65 bits per heavy atom. The van der Waals surface area contributed by atoms with E-state index < -0.39 is 0 Å². The molecule has 1 saturated carbocycles. The smallest absolute Gasteiger partial charge is 0.164 e. The summed E-state index contributed by atoms with van der Waals surface area (Å²) in [4.78, 5) is 12.1. The Hall–Kier alpha value is -0.860. The lowest BCUT2D eigenvalue weighted by Crippen LogP contribution is -2.43. The highest BCUT2D eigenvalue weighted by atomic mass is 35.5. The summed E-state index contributed by atoms with van der Waals surface area (Å²) in [6.07, 6.45) is 5.87. The quantitative estimate of drug-likeness (QED) is 0.835. The molecule has 17 heavy (non-hydrogen) atoms. The van der Waals surface area contributed by atoms with Crippen LogP contribution in [0.5, 0.6) is 0 Å². The summed E-state index contributed by atoms with van der Waals surface area (Å²) >= 11 is 5.88. The molecule has 0 saturated heterocycles. The maximum Gasteiger partial charge on any atom is 0.164 e. The highest BCUT2D eigenvalue weighted by Gasteiger charge is 2.30.